The van der Waals surface area contributed by atoms with Crippen molar-refractivity contribution >= 4 is 5.97 Å². The van der Waals surface area contributed by atoms with E-state index in [-0.39, 0.29) is 6.54 Å². The molecule has 0 aliphatic rings. The minimum Gasteiger partial charge on any atom is -0.480 e. The fourth-order valence-electron chi connectivity index (χ4n) is 1.64. The smallest absolute Gasteiger partial charge is 0.317 e. The molecule has 0 heterocycles. The lowest BCUT2D eigenvalue weighted by Gasteiger charge is -2.21. The van der Waals surface area contributed by atoms with Gasteiger partial charge in [-0.25, -0.2) is 0 Å². The highest BCUT2D eigenvalue weighted by Gasteiger charge is 2.14. The van der Waals surface area contributed by atoms with Crippen molar-refractivity contribution < 1.29 is 15.0 Å². The van der Waals surface area contributed by atoms with Crippen LogP contribution < -0.4 is 0 Å². The molecule has 0 saturated heterocycles. The lowest BCUT2D eigenvalue weighted by molar-refractivity contribution is -0.138. The first kappa shape index (κ1) is 13.7. The quantitative estimate of drug-likeness (QED) is 0.786. The average molecular weight is 237 g/mol. The lowest BCUT2D eigenvalue weighted by atomic mass is 10.1. The van der Waals surface area contributed by atoms with Gasteiger partial charge in [0.2, 0.25) is 0 Å². The van der Waals surface area contributed by atoms with Crippen molar-refractivity contribution in [1.29, 1.82) is 0 Å². The number of aliphatic hydroxyl groups is 1. The van der Waals surface area contributed by atoms with Crippen molar-refractivity contribution in [2.75, 3.05) is 19.6 Å². The van der Waals surface area contributed by atoms with Crippen molar-refractivity contribution in [3.8, 4) is 0 Å². The van der Waals surface area contributed by atoms with Gasteiger partial charge in [0.1, 0.15) is 0 Å². The fraction of sp³-hybridized carbons (Fsp3) is 0.462. The second kappa shape index (κ2) is 6.37. The number of carboxylic acid groups (broad SMARTS) is 1. The Morgan fingerprint density at radius 2 is 1.94 bits per heavy atom. The Hall–Kier alpha value is -1.39. The third-order valence-electron chi connectivity index (χ3n) is 2.70. The highest BCUT2D eigenvalue weighted by atomic mass is 16.4. The van der Waals surface area contributed by atoms with Crippen molar-refractivity contribution in [2.45, 2.75) is 20.0 Å². The van der Waals surface area contributed by atoms with Gasteiger partial charge in [0.25, 0.3) is 0 Å². The molecule has 1 rings (SSSR count). The van der Waals surface area contributed by atoms with Crippen LogP contribution in [-0.4, -0.2) is 40.7 Å². The topological polar surface area (TPSA) is 60.8 Å². The number of aryl methyl sites for hydroxylation is 1. The number of likely N-dealkylation sites (N-methyl/N-ethyl adjacent to an activating group) is 1. The van der Waals surface area contributed by atoms with Gasteiger partial charge in [-0.05, 0) is 19.0 Å². The number of aliphatic carboxylic acids is 1. The van der Waals surface area contributed by atoms with E-state index in [0.717, 1.165) is 11.1 Å². The molecule has 0 spiro atoms. The normalized spacial score (nSPS) is 12.7. The molecule has 1 aromatic rings. The summed E-state index contributed by atoms with van der Waals surface area (Å²) in [6, 6.07) is 7.61. The molecule has 0 aliphatic carbocycles. The molecule has 1 aromatic carbocycles. The van der Waals surface area contributed by atoms with Crippen LogP contribution in [0.15, 0.2) is 24.3 Å². The van der Waals surface area contributed by atoms with E-state index in [1.807, 2.05) is 38.1 Å². The molecule has 0 aromatic heterocycles. The summed E-state index contributed by atoms with van der Waals surface area (Å²) in [6.45, 7) is 4.77. The molecule has 0 radical (unpaired) electrons. The highest BCUT2D eigenvalue weighted by molar-refractivity contribution is 5.69. The number of benzene rings is 1. The summed E-state index contributed by atoms with van der Waals surface area (Å²) in [5.74, 6) is -0.872. The van der Waals surface area contributed by atoms with Gasteiger partial charge in [0, 0.05) is 6.54 Å². The van der Waals surface area contributed by atoms with Gasteiger partial charge in [0.15, 0.2) is 0 Å². The average Bonchev–Trinajstić information content (AvgIpc) is 2.28. The number of carbonyl (C=O) groups is 1. The van der Waals surface area contributed by atoms with Crippen LogP contribution in [0.25, 0.3) is 0 Å². The van der Waals surface area contributed by atoms with Crippen LogP contribution in [0.3, 0.4) is 0 Å². The summed E-state index contributed by atoms with van der Waals surface area (Å²) in [6.07, 6.45) is -0.644. The van der Waals surface area contributed by atoms with Gasteiger partial charge in [-0.3, -0.25) is 9.69 Å². The summed E-state index contributed by atoms with van der Waals surface area (Å²) < 4.78 is 0. The Balaban J connectivity index is 2.60. The Labute approximate surface area is 101 Å². The maximum absolute atomic E-state index is 10.6. The molecule has 0 aliphatic heterocycles. The van der Waals surface area contributed by atoms with Gasteiger partial charge in [-0.1, -0.05) is 36.8 Å². The molecule has 1 atom stereocenters. The molecule has 0 fully saturated rings. The number of nitrogens with zero attached hydrogens (tertiary/aromatic N) is 1. The lowest BCUT2D eigenvalue weighted by Crippen LogP contribution is -2.33. The first-order valence-corrected chi connectivity index (χ1v) is 5.71. The van der Waals surface area contributed by atoms with Gasteiger partial charge in [0.05, 0.1) is 12.6 Å². The molecular formula is C13H19NO3. The monoisotopic (exact) mass is 237 g/mol. The Morgan fingerprint density at radius 3 is 2.41 bits per heavy atom. The van der Waals surface area contributed by atoms with E-state index >= 15 is 0 Å². The van der Waals surface area contributed by atoms with Gasteiger partial charge in [-0.2, -0.15) is 0 Å². The Morgan fingerprint density at radius 1 is 1.35 bits per heavy atom. The summed E-state index contributed by atoms with van der Waals surface area (Å²) in [7, 11) is 0. The molecule has 2 N–H and O–H groups in total. The molecule has 1 unspecified atom stereocenters. The first-order chi connectivity index (χ1) is 8.02. The van der Waals surface area contributed by atoms with Crippen molar-refractivity contribution in [3.63, 3.8) is 0 Å². The van der Waals surface area contributed by atoms with E-state index in [0.29, 0.717) is 13.1 Å². The highest BCUT2D eigenvalue weighted by Crippen LogP contribution is 2.14. The van der Waals surface area contributed by atoms with Crippen LogP contribution in [0.5, 0.6) is 0 Å². The standard InChI is InChI=1S/C13H19NO3/c1-3-14(9-13(16)17)8-12(15)11-6-4-10(2)5-7-11/h4-7,12,15H,3,8-9H2,1-2H3,(H,16,17). The molecule has 17 heavy (non-hydrogen) atoms. The summed E-state index contributed by atoms with van der Waals surface area (Å²) in [5.41, 5.74) is 1.96. The molecule has 0 amide bonds. The summed E-state index contributed by atoms with van der Waals surface area (Å²) >= 11 is 0. The zero-order valence-electron chi connectivity index (χ0n) is 10.3. The van der Waals surface area contributed by atoms with Crippen LogP contribution in [0.4, 0.5) is 0 Å². The number of aliphatic hydroxyl groups excluding tert-OH is 1. The molecule has 94 valence electrons. The van der Waals surface area contributed by atoms with E-state index in [2.05, 4.69) is 0 Å². The molecule has 0 bridgehead atoms. The number of hydrogen-bond acceptors (Lipinski definition) is 3. The third kappa shape index (κ3) is 4.54. The van der Waals surface area contributed by atoms with E-state index < -0.39 is 12.1 Å². The van der Waals surface area contributed by atoms with Crippen LogP contribution in [0, 0.1) is 6.92 Å². The zero-order chi connectivity index (χ0) is 12.8. The van der Waals surface area contributed by atoms with Crippen LogP contribution >= 0.6 is 0 Å². The van der Waals surface area contributed by atoms with Gasteiger partial charge < -0.3 is 10.2 Å². The maximum Gasteiger partial charge on any atom is 0.317 e. The van der Waals surface area contributed by atoms with E-state index in [4.69, 9.17) is 5.11 Å². The predicted octanol–water partition coefficient (Wildman–Crippen LogP) is 1.43. The number of hydrogen-bond donors (Lipinski definition) is 2. The van der Waals surface area contributed by atoms with Crippen LogP contribution in [0.1, 0.15) is 24.2 Å². The minimum atomic E-state index is -0.872. The van der Waals surface area contributed by atoms with E-state index in [1.54, 1.807) is 4.90 Å². The first-order valence-electron chi connectivity index (χ1n) is 5.71. The predicted molar refractivity (Wildman–Crippen MR) is 65.9 cm³/mol. The van der Waals surface area contributed by atoms with E-state index in [9.17, 15) is 9.90 Å². The summed E-state index contributed by atoms with van der Waals surface area (Å²) in [4.78, 5) is 12.3. The van der Waals surface area contributed by atoms with Crippen molar-refractivity contribution in [2.24, 2.45) is 0 Å². The van der Waals surface area contributed by atoms with Crippen LogP contribution in [-0.2, 0) is 4.79 Å². The Bertz CT molecular complexity index is 361. The summed E-state index contributed by atoms with van der Waals surface area (Å²) in [5, 5.41) is 18.7. The molecular weight excluding hydrogens is 218 g/mol. The molecule has 0 saturated carbocycles. The third-order valence-corrected chi connectivity index (χ3v) is 2.70. The SMILES string of the molecule is CCN(CC(=O)O)CC(O)c1ccc(C)cc1. The maximum atomic E-state index is 10.6. The number of rotatable bonds is 6. The fourth-order valence-corrected chi connectivity index (χ4v) is 1.64. The number of carboxylic acids is 1. The van der Waals surface area contributed by atoms with Crippen molar-refractivity contribution in [3.05, 3.63) is 35.4 Å². The molecule has 4 heteroatoms. The molecule has 4 nitrogen and oxygen atoms in total. The van der Waals surface area contributed by atoms with Crippen LogP contribution in [0.2, 0.25) is 0 Å². The van der Waals surface area contributed by atoms with Gasteiger partial charge >= 0.3 is 5.97 Å². The minimum absolute atomic E-state index is 0.0422. The largest absolute Gasteiger partial charge is 0.480 e. The van der Waals surface area contributed by atoms with E-state index in [1.165, 1.54) is 0 Å². The van der Waals surface area contributed by atoms with Crippen molar-refractivity contribution in [1.82, 2.24) is 4.90 Å². The zero-order valence-corrected chi connectivity index (χ0v) is 10.3. The second-order valence-electron chi connectivity index (χ2n) is 4.15. The van der Waals surface area contributed by atoms with Gasteiger partial charge in [-0.15, -0.1) is 0 Å². The Kier molecular flexibility index (Phi) is 5.12. The second-order valence-corrected chi connectivity index (χ2v) is 4.15.